The molecule has 2 N–H and O–H groups in total. The molecule has 0 radical (unpaired) electrons. The van der Waals surface area contributed by atoms with Gasteiger partial charge in [0.25, 0.3) is 0 Å². The molecule has 0 unspecified atom stereocenters. The number of halogens is 2. The first-order chi connectivity index (χ1) is 10.0. The monoisotopic (exact) mass is 368 g/mol. The van der Waals surface area contributed by atoms with Crippen LogP contribution < -0.4 is 10.6 Å². The zero-order valence-corrected chi connectivity index (χ0v) is 14.6. The Morgan fingerprint density at radius 1 is 1.24 bits per heavy atom. The SMILES string of the molecule is CCNc1ncnc(Nc2ccc(Cl)cc2Br)c1C(C)C. The van der Waals surface area contributed by atoms with Crippen LogP contribution in [0.2, 0.25) is 5.02 Å². The summed E-state index contributed by atoms with van der Waals surface area (Å²) >= 11 is 9.48. The highest BCUT2D eigenvalue weighted by Gasteiger charge is 2.15. The quantitative estimate of drug-likeness (QED) is 0.761. The molecule has 2 aromatic rings. The molecule has 1 aromatic carbocycles. The van der Waals surface area contributed by atoms with Crippen molar-refractivity contribution in [3.05, 3.63) is 39.6 Å². The van der Waals surface area contributed by atoms with Crippen LogP contribution in [0.15, 0.2) is 29.0 Å². The standard InChI is InChI=1S/C15H18BrClN4/c1-4-18-14-13(9(2)3)15(20-8-19-14)21-12-6-5-10(17)7-11(12)16/h5-9H,4H2,1-3H3,(H2,18,19,20,21). The van der Waals surface area contributed by atoms with Crippen LogP contribution in [-0.2, 0) is 0 Å². The second-order valence-electron chi connectivity index (χ2n) is 4.92. The van der Waals surface area contributed by atoms with E-state index in [1.165, 1.54) is 0 Å². The van der Waals surface area contributed by atoms with Crippen LogP contribution in [0.3, 0.4) is 0 Å². The number of aromatic nitrogens is 2. The number of nitrogens with one attached hydrogen (secondary N) is 2. The fourth-order valence-corrected chi connectivity index (χ4v) is 2.85. The summed E-state index contributed by atoms with van der Waals surface area (Å²) in [6.07, 6.45) is 1.57. The molecule has 4 nitrogen and oxygen atoms in total. The molecule has 0 saturated heterocycles. The summed E-state index contributed by atoms with van der Waals surface area (Å²) in [5, 5.41) is 7.32. The van der Waals surface area contributed by atoms with Crippen molar-refractivity contribution in [3.63, 3.8) is 0 Å². The fraction of sp³-hybridized carbons (Fsp3) is 0.333. The number of benzene rings is 1. The van der Waals surface area contributed by atoms with Gasteiger partial charge in [0.1, 0.15) is 18.0 Å². The highest BCUT2D eigenvalue weighted by atomic mass is 79.9. The summed E-state index contributed by atoms with van der Waals surface area (Å²) in [5.74, 6) is 1.97. The van der Waals surface area contributed by atoms with Crippen LogP contribution >= 0.6 is 27.5 Å². The van der Waals surface area contributed by atoms with Crippen molar-refractivity contribution in [1.29, 1.82) is 0 Å². The second kappa shape index (κ2) is 7.09. The Morgan fingerprint density at radius 2 is 1.95 bits per heavy atom. The molecule has 1 heterocycles. The Bertz CT molecular complexity index is 631. The molecule has 6 heteroatoms. The minimum Gasteiger partial charge on any atom is -0.370 e. The average Bonchev–Trinajstić information content (AvgIpc) is 2.42. The third-order valence-corrected chi connectivity index (χ3v) is 3.88. The van der Waals surface area contributed by atoms with Crippen molar-refractivity contribution in [3.8, 4) is 0 Å². The summed E-state index contributed by atoms with van der Waals surface area (Å²) < 4.78 is 0.897. The first kappa shape index (κ1) is 16.0. The summed E-state index contributed by atoms with van der Waals surface area (Å²) in [6, 6.07) is 5.62. The number of hydrogen-bond acceptors (Lipinski definition) is 4. The maximum absolute atomic E-state index is 5.97. The van der Waals surface area contributed by atoms with E-state index >= 15 is 0 Å². The first-order valence-electron chi connectivity index (χ1n) is 6.83. The van der Waals surface area contributed by atoms with E-state index in [4.69, 9.17) is 11.6 Å². The number of rotatable bonds is 5. The van der Waals surface area contributed by atoms with Crippen molar-refractivity contribution in [2.75, 3.05) is 17.2 Å². The maximum atomic E-state index is 5.97. The minimum absolute atomic E-state index is 0.300. The number of nitrogens with zero attached hydrogens (tertiary/aromatic N) is 2. The zero-order chi connectivity index (χ0) is 15.4. The molecule has 0 fully saturated rings. The molecule has 0 aliphatic carbocycles. The Balaban J connectivity index is 2.41. The van der Waals surface area contributed by atoms with Gasteiger partial charge in [0.05, 0.1) is 5.69 Å². The van der Waals surface area contributed by atoms with Gasteiger partial charge in [0.2, 0.25) is 0 Å². The Hall–Kier alpha value is -1.33. The zero-order valence-electron chi connectivity index (χ0n) is 12.2. The van der Waals surface area contributed by atoms with Crippen molar-refractivity contribution < 1.29 is 0 Å². The predicted octanol–water partition coefficient (Wildman–Crippen LogP) is 5.19. The number of anilines is 3. The van der Waals surface area contributed by atoms with E-state index in [0.717, 1.165) is 33.9 Å². The molecule has 0 saturated carbocycles. The lowest BCUT2D eigenvalue weighted by Gasteiger charge is -2.18. The summed E-state index contributed by atoms with van der Waals surface area (Å²) in [5.41, 5.74) is 1.99. The molecule has 1 aromatic heterocycles. The lowest BCUT2D eigenvalue weighted by atomic mass is 10.0. The van der Waals surface area contributed by atoms with Crippen LogP contribution in [0.25, 0.3) is 0 Å². The van der Waals surface area contributed by atoms with Gasteiger partial charge in [-0.3, -0.25) is 0 Å². The fourth-order valence-electron chi connectivity index (χ4n) is 2.07. The van der Waals surface area contributed by atoms with E-state index in [9.17, 15) is 0 Å². The van der Waals surface area contributed by atoms with Gasteiger partial charge in [-0.2, -0.15) is 0 Å². The van der Waals surface area contributed by atoms with Gasteiger partial charge >= 0.3 is 0 Å². The van der Waals surface area contributed by atoms with Gasteiger partial charge in [-0.15, -0.1) is 0 Å². The third-order valence-electron chi connectivity index (χ3n) is 2.99. The maximum Gasteiger partial charge on any atom is 0.139 e. The Labute approximate surface area is 138 Å². The summed E-state index contributed by atoms with van der Waals surface area (Å²) in [6.45, 7) is 7.12. The molecule has 0 spiro atoms. The molecule has 0 amide bonds. The topological polar surface area (TPSA) is 49.8 Å². The molecule has 0 bridgehead atoms. The molecule has 0 aliphatic rings. The molecule has 0 aliphatic heterocycles. The van der Waals surface area contributed by atoms with Crippen molar-refractivity contribution in [2.24, 2.45) is 0 Å². The molecule has 2 rings (SSSR count). The van der Waals surface area contributed by atoms with Crippen molar-refractivity contribution in [2.45, 2.75) is 26.7 Å². The van der Waals surface area contributed by atoms with E-state index in [1.807, 2.05) is 18.2 Å². The largest absolute Gasteiger partial charge is 0.370 e. The van der Waals surface area contributed by atoms with Gasteiger partial charge in [-0.1, -0.05) is 25.4 Å². The molecule has 21 heavy (non-hydrogen) atoms. The average molecular weight is 370 g/mol. The van der Waals surface area contributed by atoms with Gasteiger partial charge in [-0.25, -0.2) is 9.97 Å². The first-order valence-corrected chi connectivity index (χ1v) is 8.00. The minimum atomic E-state index is 0.300. The van der Waals surface area contributed by atoms with Crippen LogP contribution in [-0.4, -0.2) is 16.5 Å². The van der Waals surface area contributed by atoms with E-state index in [0.29, 0.717) is 10.9 Å². The smallest absolute Gasteiger partial charge is 0.139 e. The summed E-state index contributed by atoms with van der Waals surface area (Å²) in [4.78, 5) is 8.72. The van der Waals surface area contributed by atoms with E-state index in [-0.39, 0.29) is 0 Å². The van der Waals surface area contributed by atoms with Crippen molar-refractivity contribution >= 4 is 44.9 Å². The van der Waals surface area contributed by atoms with E-state index in [1.54, 1.807) is 6.33 Å². The van der Waals surface area contributed by atoms with Crippen LogP contribution in [0.4, 0.5) is 17.3 Å². The number of hydrogen-bond donors (Lipinski definition) is 2. The second-order valence-corrected chi connectivity index (χ2v) is 6.21. The van der Waals surface area contributed by atoms with Crippen LogP contribution in [0.5, 0.6) is 0 Å². The Morgan fingerprint density at radius 3 is 2.57 bits per heavy atom. The van der Waals surface area contributed by atoms with Crippen molar-refractivity contribution in [1.82, 2.24) is 9.97 Å². The van der Waals surface area contributed by atoms with Gasteiger partial charge in [0, 0.05) is 21.6 Å². The van der Waals surface area contributed by atoms with Gasteiger partial charge in [-0.05, 0) is 47.0 Å². The lowest BCUT2D eigenvalue weighted by Crippen LogP contribution is -2.09. The lowest BCUT2D eigenvalue weighted by molar-refractivity contribution is 0.849. The third kappa shape index (κ3) is 3.86. The highest BCUT2D eigenvalue weighted by Crippen LogP contribution is 2.33. The van der Waals surface area contributed by atoms with Crippen LogP contribution in [0.1, 0.15) is 32.3 Å². The van der Waals surface area contributed by atoms with Gasteiger partial charge < -0.3 is 10.6 Å². The van der Waals surface area contributed by atoms with E-state index < -0.39 is 0 Å². The van der Waals surface area contributed by atoms with Crippen LogP contribution in [0, 0.1) is 0 Å². The predicted molar refractivity (Wildman–Crippen MR) is 92.7 cm³/mol. The molecule has 112 valence electrons. The highest BCUT2D eigenvalue weighted by molar-refractivity contribution is 9.10. The Kier molecular flexibility index (Phi) is 5.42. The molecular weight excluding hydrogens is 352 g/mol. The molecule has 0 atom stereocenters. The molecular formula is C15H18BrClN4. The van der Waals surface area contributed by atoms with E-state index in [2.05, 4.69) is 57.3 Å². The normalized spacial score (nSPS) is 10.8. The van der Waals surface area contributed by atoms with Gasteiger partial charge in [0.15, 0.2) is 0 Å². The summed E-state index contributed by atoms with van der Waals surface area (Å²) in [7, 11) is 0.